The number of hydrogen-bond donors (Lipinski definition) is 2. The molecule has 0 fully saturated rings. The molecule has 1 aromatic carbocycles. The van der Waals surface area contributed by atoms with Gasteiger partial charge < -0.3 is 16.0 Å². The molecule has 0 saturated heterocycles. The van der Waals surface area contributed by atoms with Crippen LogP contribution in [0.4, 0.5) is 14.5 Å². The van der Waals surface area contributed by atoms with Gasteiger partial charge in [-0.2, -0.15) is 0 Å². The molecule has 1 rings (SSSR count). The van der Waals surface area contributed by atoms with Crippen LogP contribution in [0.3, 0.4) is 0 Å². The lowest BCUT2D eigenvalue weighted by Gasteiger charge is -2.17. The lowest BCUT2D eigenvalue weighted by atomic mass is 10.1. The lowest BCUT2D eigenvalue weighted by molar-refractivity contribution is -0.133. The molecule has 24 heavy (non-hydrogen) atoms. The molecule has 136 valence electrons. The van der Waals surface area contributed by atoms with E-state index in [9.17, 15) is 18.4 Å². The van der Waals surface area contributed by atoms with Gasteiger partial charge in [-0.15, -0.1) is 12.4 Å². The molecule has 1 aromatic rings. The van der Waals surface area contributed by atoms with Crippen molar-refractivity contribution in [2.75, 3.05) is 25.5 Å². The molecule has 0 aromatic heterocycles. The Morgan fingerprint density at radius 1 is 1.08 bits per heavy atom. The first-order valence-electron chi connectivity index (χ1n) is 7.62. The van der Waals surface area contributed by atoms with Crippen molar-refractivity contribution < 1.29 is 18.4 Å². The van der Waals surface area contributed by atoms with Crippen LogP contribution < -0.4 is 11.1 Å². The summed E-state index contributed by atoms with van der Waals surface area (Å²) in [7, 11) is 1.52. The molecule has 8 heteroatoms. The summed E-state index contributed by atoms with van der Waals surface area (Å²) < 4.78 is 26.1. The molecular formula is C16H24ClF2N3O2. The number of carbonyl (C=O) groups excluding carboxylic acids is 2. The van der Waals surface area contributed by atoms with Crippen LogP contribution in [0.15, 0.2) is 18.2 Å². The number of benzene rings is 1. The Hall–Kier alpha value is -1.73. The average Bonchev–Trinajstić information content (AvgIpc) is 2.45. The van der Waals surface area contributed by atoms with Crippen LogP contribution in [0.2, 0.25) is 0 Å². The first-order chi connectivity index (χ1) is 10.9. The molecule has 2 amide bonds. The highest BCUT2D eigenvalue weighted by molar-refractivity contribution is 5.94. The van der Waals surface area contributed by atoms with Crippen molar-refractivity contribution in [1.29, 1.82) is 0 Å². The normalized spacial score (nSPS) is 10.0. The maximum atomic E-state index is 13.0. The van der Waals surface area contributed by atoms with Gasteiger partial charge in [0, 0.05) is 25.2 Å². The summed E-state index contributed by atoms with van der Waals surface area (Å²) in [6.45, 7) is 0.481. The Balaban J connectivity index is 0.00000529. The summed E-state index contributed by atoms with van der Waals surface area (Å²) in [5.41, 5.74) is 5.41. The second-order valence-corrected chi connectivity index (χ2v) is 5.41. The predicted molar refractivity (Wildman–Crippen MR) is 92.0 cm³/mol. The Labute approximate surface area is 147 Å². The van der Waals surface area contributed by atoms with Gasteiger partial charge in [-0.25, -0.2) is 8.78 Å². The number of unbranched alkanes of at least 4 members (excludes halogenated alkanes) is 3. The van der Waals surface area contributed by atoms with Gasteiger partial charge in [0.05, 0.1) is 6.54 Å². The summed E-state index contributed by atoms with van der Waals surface area (Å²) in [5, 5.41) is 2.37. The molecule has 5 nitrogen and oxygen atoms in total. The van der Waals surface area contributed by atoms with Crippen LogP contribution in [-0.2, 0) is 9.59 Å². The van der Waals surface area contributed by atoms with Crippen molar-refractivity contribution in [1.82, 2.24) is 4.90 Å². The van der Waals surface area contributed by atoms with Crippen molar-refractivity contribution >= 4 is 29.9 Å². The number of carbonyl (C=O) groups is 2. The van der Waals surface area contributed by atoms with E-state index < -0.39 is 17.5 Å². The summed E-state index contributed by atoms with van der Waals surface area (Å²) in [5.74, 6) is -2.20. The van der Waals surface area contributed by atoms with E-state index in [1.807, 2.05) is 0 Å². The highest BCUT2D eigenvalue weighted by Gasteiger charge is 2.13. The molecule has 0 aliphatic rings. The van der Waals surface area contributed by atoms with Crippen LogP contribution in [0, 0.1) is 11.6 Å². The minimum Gasteiger partial charge on any atom is -0.336 e. The molecule has 0 heterocycles. The molecule has 0 unspecified atom stereocenters. The fourth-order valence-corrected chi connectivity index (χ4v) is 2.10. The molecule has 0 spiro atoms. The highest BCUT2D eigenvalue weighted by Crippen LogP contribution is 2.13. The summed E-state index contributed by atoms with van der Waals surface area (Å²) in [6.07, 6.45) is 3.96. The third kappa shape index (κ3) is 8.79. The van der Waals surface area contributed by atoms with Gasteiger partial charge in [-0.3, -0.25) is 9.59 Å². The lowest BCUT2D eigenvalue weighted by Crippen LogP contribution is -2.34. The third-order valence-corrected chi connectivity index (χ3v) is 3.30. The van der Waals surface area contributed by atoms with Crippen LogP contribution in [-0.4, -0.2) is 36.9 Å². The van der Waals surface area contributed by atoms with Gasteiger partial charge >= 0.3 is 0 Å². The van der Waals surface area contributed by atoms with Gasteiger partial charge in [-0.05, 0) is 31.5 Å². The van der Waals surface area contributed by atoms with Crippen molar-refractivity contribution in [3.63, 3.8) is 0 Å². The largest absolute Gasteiger partial charge is 0.336 e. The van der Waals surface area contributed by atoms with Gasteiger partial charge in [0.1, 0.15) is 11.6 Å². The highest BCUT2D eigenvalue weighted by atomic mass is 35.5. The molecule has 0 aliphatic carbocycles. The molecule has 0 aliphatic heterocycles. The zero-order valence-electron chi connectivity index (χ0n) is 13.7. The zero-order valence-corrected chi connectivity index (χ0v) is 14.5. The summed E-state index contributed by atoms with van der Waals surface area (Å²) in [6, 6.07) is 2.75. The van der Waals surface area contributed by atoms with E-state index in [4.69, 9.17) is 5.73 Å². The zero-order chi connectivity index (χ0) is 17.2. The maximum absolute atomic E-state index is 13.0. The van der Waals surface area contributed by atoms with Crippen molar-refractivity contribution in [2.24, 2.45) is 5.73 Å². The SMILES string of the molecule is CN(CC(=O)Nc1cc(F)cc(F)c1)C(=O)CCCCCCN.Cl. The van der Waals surface area contributed by atoms with E-state index in [-0.39, 0.29) is 30.5 Å². The first-order valence-corrected chi connectivity index (χ1v) is 7.62. The van der Waals surface area contributed by atoms with Crippen LogP contribution in [0.1, 0.15) is 32.1 Å². The average molecular weight is 364 g/mol. The molecule has 0 radical (unpaired) electrons. The number of nitrogens with one attached hydrogen (secondary N) is 1. The van der Waals surface area contributed by atoms with Gasteiger partial charge in [0.15, 0.2) is 0 Å². The maximum Gasteiger partial charge on any atom is 0.243 e. The third-order valence-electron chi connectivity index (χ3n) is 3.30. The second kappa shape index (κ2) is 11.8. The van der Waals surface area contributed by atoms with Gasteiger partial charge in [0.2, 0.25) is 11.8 Å². The van der Waals surface area contributed by atoms with E-state index in [1.54, 1.807) is 0 Å². The van der Waals surface area contributed by atoms with Crippen molar-refractivity contribution in [2.45, 2.75) is 32.1 Å². The Kier molecular flexibility index (Phi) is 10.9. The summed E-state index contributed by atoms with van der Waals surface area (Å²) in [4.78, 5) is 25.0. The Bertz CT molecular complexity index is 524. The van der Waals surface area contributed by atoms with Crippen LogP contribution in [0.25, 0.3) is 0 Å². The minimum atomic E-state index is -0.776. The van der Waals surface area contributed by atoms with Crippen LogP contribution in [0.5, 0.6) is 0 Å². The van der Waals surface area contributed by atoms with Gasteiger partial charge in [-0.1, -0.05) is 12.8 Å². The number of halogens is 3. The standard InChI is InChI=1S/C16H23F2N3O2.ClH/c1-21(16(23)6-4-2-3-5-7-19)11-15(22)20-14-9-12(17)8-13(18)10-14;/h8-10H,2-7,11,19H2,1H3,(H,20,22);1H. The van der Waals surface area contributed by atoms with Crippen molar-refractivity contribution in [3.8, 4) is 0 Å². The molecular weight excluding hydrogens is 340 g/mol. The molecule has 0 atom stereocenters. The Morgan fingerprint density at radius 3 is 2.25 bits per heavy atom. The van der Waals surface area contributed by atoms with E-state index in [0.717, 1.165) is 43.9 Å². The second-order valence-electron chi connectivity index (χ2n) is 5.41. The quantitative estimate of drug-likeness (QED) is 0.662. The smallest absolute Gasteiger partial charge is 0.243 e. The minimum absolute atomic E-state index is 0. The Morgan fingerprint density at radius 2 is 1.67 bits per heavy atom. The first kappa shape index (κ1) is 22.3. The molecule has 3 N–H and O–H groups in total. The number of nitrogens with zero attached hydrogens (tertiary/aromatic N) is 1. The topological polar surface area (TPSA) is 75.4 Å². The van der Waals surface area contributed by atoms with Crippen LogP contribution >= 0.6 is 12.4 Å². The fraction of sp³-hybridized carbons (Fsp3) is 0.500. The van der Waals surface area contributed by atoms with Crippen molar-refractivity contribution in [3.05, 3.63) is 29.8 Å². The number of hydrogen-bond acceptors (Lipinski definition) is 3. The summed E-state index contributed by atoms with van der Waals surface area (Å²) >= 11 is 0. The van der Waals surface area contributed by atoms with E-state index in [2.05, 4.69) is 5.32 Å². The molecule has 0 bridgehead atoms. The van der Waals surface area contributed by atoms with Gasteiger partial charge in [0.25, 0.3) is 0 Å². The number of likely N-dealkylation sites (N-methyl/N-ethyl adjacent to an activating group) is 1. The van der Waals surface area contributed by atoms with E-state index in [1.165, 1.54) is 11.9 Å². The van der Waals surface area contributed by atoms with E-state index >= 15 is 0 Å². The number of rotatable bonds is 9. The predicted octanol–water partition coefficient (Wildman–Crippen LogP) is 2.69. The number of nitrogens with two attached hydrogens (primary N) is 1. The molecule has 0 saturated carbocycles. The number of amides is 2. The number of anilines is 1. The fourth-order valence-electron chi connectivity index (χ4n) is 2.10. The monoisotopic (exact) mass is 363 g/mol. The van der Waals surface area contributed by atoms with E-state index in [0.29, 0.717) is 13.0 Å².